The zero-order valence-corrected chi connectivity index (χ0v) is 15.1. The lowest BCUT2D eigenvalue weighted by atomic mass is 10.1. The lowest BCUT2D eigenvalue weighted by Crippen LogP contribution is -2.43. The van der Waals surface area contributed by atoms with Crippen molar-refractivity contribution >= 4 is 23.6 Å². The van der Waals surface area contributed by atoms with E-state index >= 15 is 0 Å². The minimum atomic E-state index is -0.238. The molecule has 0 saturated carbocycles. The highest BCUT2D eigenvalue weighted by atomic mass is 32.2. The lowest BCUT2D eigenvalue weighted by Gasteiger charge is -2.14. The number of nitrogens with one attached hydrogen (secondary N) is 3. The van der Waals surface area contributed by atoms with E-state index < -0.39 is 0 Å². The van der Waals surface area contributed by atoms with Gasteiger partial charge in [-0.25, -0.2) is 4.39 Å². The third kappa shape index (κ3) is 7.65. The maximum Gasteiger partial charge on any atom is 0.239 e. The summed E-state index contributed by atoms with van der Waals surface area (Å²) in [5.41, 5.74) is 1.95. The van der Waals surface area contributed by atoms with Gasteiger partial charge in [0.1, 0.15) is 5.82 Å². The van der Waals surface area contributed by atoms with Crippen LogP contribution >= 0.6 is 11.8 Å². The Morgan fingerprint density at radius 2 is 2.08 bits per heavy atom. The van der Waals surface area contributed by atoms with Crippen molar-refractivity contribution < 1.29 is 13.9 Å². The minimum Gasteiger partial charge on any atom is -0.383 e. The summed E-state index contributed by atoms with van der Waals surface area (Å²) in [6.45, 7) is 1.56. The van der Waals surface area contributed by atoms with Crippen LogP contribution in [0.3, 0.4) is 0 Å². The number of amides is 1. The number of methoxy groups -OCH3 is 1. The number of ether oxygens (including phenoxy) is 1. The molecule has 0 spiro atoms. The van der Waals surface area contributed by atoms with Crippen LogP contribution in [0.5, 0.6) is 0 Å². The summed E-state index contributed by atoms with van der Waals surface area (Å²) in [5, 5.41) is 8.78. The number of nitrogens with zero attached hydrogens (tertiary/aromatic N) is 1. The quantitative estimate of drug-likeness (QED) is 0.351. The van der Waals surface area contributed by atoms with Crippen molar-refractivity contribution in [1.29, 1.82) is 0 Å². The van der Waals surface area contributed by atoms with Crippen molar-refractivity contribution in [3.05, 3.63) is 35.1 Å². The largest absolute Gasteiger partial charge is 0.383 e. The predicted molar refractivity (Wildman–Crippen MR) is 96.7 cm³/mol. The van der Waals surface area contributed by atoms with E-state index in [4.69, 9.17) is 4.74 Å². The molecule has 0 unspecified atom stereocenters. The Bertz CT molecular complexity index is 555. The molecule has 3 N–H and O–H groups in total. The number of hydrogen-bond acceptors (Lipinski definition) is 4. The highest BCUT2D eigenvalue weighted by Gasteiger charge is 2.07. The Morgan fingerprint density at radius 1 is 1.29 bits per heavy atom. The average Bonchev–Trinajstić information content (AvgIpc) is 2.57. The number of carbonyl (C=O) groups is 1. The SMILES string of the molecule is CN=C(NCC(=O)NCCOC)NCc1ccc(F)cc1CSC. The fraction of sp³-hybridized carbons (Fsp3) is 0.500. The van der Waals surface area contributed by atoms with Crippen molar-refractivity contribution in [2.24, 2.45) is 4.99 Å². The fourth-order valence-corrected chi connectivity index (χ4v) is 2.56. The minimum absolute atomic E-state index is 0.116. The fourth-order valence-electron chi connectivity index (χ4n) is 1.98. The van der Waals surface area contributed by atoms with Gasteiger partial charge in [-0.3, -0.25) is 9.79 Å². The molecule has 0 aromatic heterocycles. The molecule has 0 radical (unpaired) electrons. The summed E-state index contributed by atoms with van der Waals surface area (Å²) in [5.74, 6) is 0.872. The van der Waals surface area contributed by atoms with Gasteiger partial charge < -0.3 is 20.7 Å². The summed E-state index contributed by atoms with van der Waals surface area (Å²) in [6, 6.07) is 4.76. The van der Waals surface area contributed by atoms with E-state index in [2.05, 4.69) is 20.9 Å². The number of thioether (sulfide) groups is 1. The summed E-state index contributed by atoms with van der Waals surface area (Å²) in [7, 11) is 3.21. The predicted octanol–water partition coefficient (Wildman–Crippen LogP) is 1.12. The molecule has 0 aliphatic heterocycles. The van der Waals surface area contributed by atoms with Crippen molar-refractivity contribution in [3.63, 3.8) is 0 Å². The molecule has 1 aromatic carbocycles. The van der Waals surface area contributed by atoms with Gasteiger partial charge in [-0.1, -0.05) is 6.07 Å². The van der Waals surface area contributed by atoms with E-state index in [1.165, 1.54) is 6.07 Å². The molecule has 0 saturated heterocycles. The van der Waals surface area contributed by atoms with E-state index in [1.54, 1.807) is 38.1 Å². The third-order valence-electron chi connectivity index (χ3n) is 3.18. The molecule has 1 amide bonds. The van der Waals surface area contributed by atoms with Gasteiger partial charge in [-0.05, 0) is 29.5 Å². The van der Waals surface area contributed by atoms with E-state index in [9.17, 15) is 9.18 Å². The molecule has 1 rings (SSSR count). The Morgan fingerprint density at radius 3 is 2.75 bits per heavy atom. The van der Waals surface area contributed by atoms with Crippen LogP contribution in [0, 0.1) is 5.82 Å². The normalized spacial score (nSPS) is 11.2. The molecule has 0 bridgehead atoms. The van der Waals surface area contributed by atoms with Gasteiger partial charge in [0.2, 0.25) is 5.91 Å². The van der Waals surface area contributed by atoms with Gasteiger partial charge in [0, 0.05) is 33.0 Å². The zero-order valence-electron chi connectivity index (χ0n) is 14.3. The standard InChI is InChI=1S/C16H25FN4O2S/c1-18-16(21-10-15(22)19-6-7-23-2)20-9-12-4-5-14(17)8-13(12)11-24-3/h4-5,8H,6-7,9-11H2,1-3H3,(H,19,22)(H2,18,20,21). The van der Waals surface area contributed by atoms with E-state index in [-0.39, 0.29) is 18.3 Å². The van der Waals surface area contributed by atoms with Gasteiger partial charge in [0.05, 0.1) is 13.2 Å². The second-order valence-electron chi connectivity index (χ2n) is 4.97. The Hall–Kier alpha value is -1.80. The molecule has 24 heavy (non-hydrogen) atoms. The molecule has 0 heterocycles. The molecular weight excluding hydrogens is 331 g/mol. The summed E-state index contributed by atoms with van der Waals surface area (Å²) in [6.07, 6.45) is 1.98. The topological polar surface area (TPSA) is 74.8 Å². The summed E-state index contributed by atoms with van der Waals surface area (Å²) in [4.78, 5) is 15.7. The van der Waals surface area contributed by atoms with Crippen LogP contribution in [0.1, 0.15) is 11.1 Å². The number of guanidine groups is 1. The number of hydrogen-bond donors (Lipinski definition) is 3. The zero-order chi connectivity index (χ0) is 17.8. The van der Waals surface area contributed by atoms with E-state index in [1.807, 2.05) is 6.26 Å². The van der Waals surface area contributed by atoms with Crippen molar-refractivity contribution in [2.75, 3.05) is 40.1 Å². The highest BCUT2D eigenvalue weighted by molar-refractivity contribution is 7.97. The number of halogens is 1. The number of aliphatic imine (C=N–C) groups is 1. The maximum atomic E-state index is 13.4. The molecule has 0 fully saturated rings. The van der Waals surface area contributed by atoms with Crippen molar-refractivity contribution in [3.8, 4) is 0 Å². The first kappa shape index (κ1) is 20.2. The summed E-state index contributed by atoms with van der Waals surface area (Å²) >= 11 is 1.64. The van der Waals surface area contributed by atoms with E-state index in [0.29, 0.717) is 25.7 Å². The Labute approximate surface area is 146 Å². The molecule has 1 aromatic rings. The molecule has 0 atom stereocenters. The highest BCUT2D eigenvalue weighted by Crippen LogP contribution is 2.16. The van der Waals surface area contributed by atoms with Crippen molar-refractivity contribution in [2.45, 2.75) is 12.3 Å². The Kier molecular flexibility index (Phi) is 9.86. The number of rotatable bonds is 9. The second kappa shape index (κ2) is 11.7. The third-order valence-corrected chi connectivity index (χ3v) is 3.78. The van der Waals surface area contributed by atoms with Gasteiger partial charge in [-0.15, -0.1) is 0 Å². The molecule has 0 aliphatic carbocycles. The van der Waals surface area contributed by atoms with Crippen LogP contribution in [0.2, 0.25) is 0 Å². The smallest absolute Gasteiger partial charge is 0.239 e. The van der Waals surface area contributed by atoms with Crippen LogP contribution in [0.25, 0.3) is 0 Å². The van der Waals surface area contributed by atoms with Crippen LogP contribution in [-0.2, 0) is 21.8 Å². The monoisotopic (exact) mass is 356 g/mol. The maximum absolute atomic E-state index is 13.4. The van der Waals surface area contributed by atoms with Gasteiger partial charge >= 0.3 is 0 Å². The van der Waals surface area contributed by atoms with Gasteiger partial charge in [0.15, 0.2) is 5.96 Å². The lowest BCUT2D eigenvalue weighted by molar-refractivity contribution is -0.120. The van der Waals surface area contributed by atoms with Crippen molar-refractivity contribution in [1.82, 2.24) is 16.0 Å². The van der Waals surface area contributed by atoms with Gasteiger partial charge in [-0.2, -0.15) is 11.8 Å². The van der Waals surface area contributed by atoms with Gasteiger partial charge in [0.25, 0.3) is 0 Å². The molecule has 134 valence electrons. The first-order valence-corrected chi connectivity index (χ1v) is 8.96. The first-order chi connectivity index (χ1) is 11.6. The molecule has 8 heteroatoms. The summed E-state index contributed by atoms with van der Waals surface area (Å²) < 4.78 is 18.2. The Balaban J connectivity index is 2.48. The van der Waals surface area contributed by atoms with Crippen LogP contribution in [0.15, 0.2) is 23.2 Å². The van der Waals surface area contributed by atoms with E-state index in [0.717, 1.165) is 16.9 Å². The number of carbonyl (C=O) groups excluding carboxylic acids is 1. The second-order valence-corrected chi connectivity index (χ2v) is 5.83. The molecular formula is C16H25FN4O2S. The van der Waals surface area contributed by atoms with Crippen LogP contribution in [0.4, 0.5) is 4.39 Å². The molecule has 6 nitrogen and oxygen atoms in total. The van der Waals surface area contributed by atoms with Crippen LogP contribution < -0.4 is 16.0 Å². The number of benzene rings is 1. The average molecular weight is 356 g/mol. The van der Waals surface area contributed by atoms with Crippen LogP contribution in [-0.4, -0.2) is 52.0 Å². The first-order valence-electron chi connectivity index (χ1n) is 7.57. The molecule has 0 aliphatic rings.